The summed E-state index contributed by atoms with van der Waals surface area (Å²) in [7, 11) is 1.38. The zero-order valence-corrected chi connectivity index (χ0v) is 18.9. The molecule has 0 bridgehead atoms. The monoisotopic (exact) mass is 447 g/mol. The fraction of sp³-hybridized carbons (Fsp3) is 0.400. The van der Waals surface area contributed by atoms with Crippen molar-refractivity contribution >= 4 is 61.5 Å². The van der Waals surface area contributed by atoms with Crippen molar-refractivity contribution in [3.05, 3.63) is 32.8 Å². The number of anilines is 1. The van der Waals surface area contributed by atoms with E-state index in [1.165, 1.54) is 40.0 Å². The first-order valence-corrected chi connectivity index (χ1v) is 12.0. The minimum atomic E-state index is -0.380. The molecule has 1 N–H and O–H groups in total. The fourth-order valence-electron chi connectivity index (χ4n) is 3.53. The number of aromatic nitrogens is 2. The van der Waals surface area contributed by atoms with E-state index < -0.39 is 0 Å². The molecule has 152 valence electrons. The minimum Gasteiger partial charge on any atom is -0.465 e. The van der Waals surface area contributed by atoms with Crippen molar-refractivity contribution in [2.24, 2.45) is 0 Å². The van der Waals surface area contributed by atoms with Gasteiger partial charge >= 0.3 is 5.97 Å². The van der Waals surface area contributed by atoms with Gasteiger partial charge in [0.1, 0.15) is 21.2 Å². The number of nitrogens with zero attached hydrogens (tertiary/aromatic N) is 2. The summed E-state index contributed by atoms with van der Waals surface area (Å²) in [4.78, 5) is 37.0. The molecular formula is C20H21N3O3S3. The SMILES string of the molecule is COC(=O)c1c(NC(=O)CSc2ncnc3sc(C)c(C)c23)sc2c1CCCC2. The second-order valence-corrected chi connectivity index (χ2v) is 10.2. The number of esters is 1. The standard InChI is InChI=1S/C20H21N3O3S3/c1-10-11(2)28-18-15(10)17(21-9-22-18)27-8-14(24)23-19-16(20(25)26-3)12-6-4-5-7-13(12)29-19/h9H,4-8H2,1-3H3,(H,23,24). The molecule has 0 saturated carbocycles. The van der Waals surface area contributed by atoms with Gasteiger partial charge in [0, 0.05) is 15.1 Å². The van der Waals surface area contributed by atoms with Gasteiger partial charge in [-0.05, 0) is 50.7 Å². The molecule has 3 heterocycles. The van der Waals surface area contributed by atoms with Crippen molar-refractivity contribution < 1.29 is 14.3 Å². The van der Waals surface area contributed by atoms with Crippen LogP contribution >= 0.6 is 34.4 Å². The average Bonchev–Trinajstić information content (AvgIpc) is 3.22. The number of fused-ring (bicyclic) bond motifs is 2. The summed E-state index contributed by atoms with van der Waals surface area (Å²) >= 11 is 4.53. The number of rotatable bonds is 5. The number of ether oxygens (including phenoxy) is 1. The number of thioether (sulfide) groups is 1. The Morgan fingerprint density at radius 1 is 1.21 bits per heavy atom. The van der Waals surface area contributed by atoms with Gasteiger partial charge in [0.25, 0.3) is 0 Å². The summed E-state index contributed by atoms with van der Waals surface area (Å²) in [6, 6.07) is 0. The van der Waals surface area contributed by atoms with Crippen molar-refractivity contribution in [3.8, 4) is 0 Å². The van der Waals surface area contributed by atoms with Crippen LogP contribution in [0.25, 0.3) is 10.2 Å². The molecule has 0 aromatic carbocycles. The van der Waals surface area contributed by atoms with E-state index in [1.807, 2.05) is 0 Å². The first-order chi connectivity index (χ1) is 14.0. The molecule has 3 aromatic rings. The Kier molecular flexibility index (Phi) is 5.89. The predicted molar refractivity (Wildman–Crippen MR) is 119 cm³/mol. The van der Waals surface area contributed by atoms with Crippen LogP contribution in [0.1, 0.15) is 44.1 Å². The number of amides is 1. The van der Waals surface area contributed by atoms with Crippen LogP contribution in [0.4, 0.5) is 5.00 Å². The summed E-state index contributed by atoms with van der Waals surface area (Å²) in [6.07, 6.45) is 5.52. The quantitative estimate of drug-likeness (QED) is 0.345. The smallest absolute Gasteiger partial charge is 0.341 e. The summed E-state index contributed by atoms with van der Waals surface area (Å²) in [5.41, 5.74) is 2.73. The zero-order chi connectivity index (χ0) is 20.5. The molecule has 1 aliphatic rings. The van der Waals surface area contributed by atoms with Gasteiger partial charge in [0.15, 0.2) is 0 Å². The fourth-order valence-corrected chi connectivity index (χ4v) is 6.74. The van der Waals surface area contributed by atoms with E-state index in [2.05, 4.69) is 29.1 Å². The zero-order valence-electron chi connectivity index (χ0n) is 16.5. The molecule has 4 rings (SSSR count). The lowest BCUT2D eigenvalue weighted by Crippen LogP contribution is -2.16. The largest absolute Gasteiger partial charge is 0.465 e. The number of hydrogen-bond acceptors (Lipinski definition) is 8. The van der Waals surface area contributed by atoms with Gasteiger partial charge in [0.2, 0.25) is 5.91 Å². The molecule has 0 fully saturated rings. The van der Waals surface area contributed by atoms with Gasteiger partial charge in [0.05, 0.1) is 18.4 Å². The molecule has 3 aromatic heterocycles. The molecular weight excluding hydrogens is 426 g/mol. The van der Waals surface area contributed by atoms with Crippen LogP contribution in [0.2, 0.25) is 0 Å². The minimum absolute atomic E-state index is 0.157. The van der Waals surface area contributed by atoms with Gasteiger partial charge in [-0.2, -0.15) is 0 Å². The average molecular weight is 448 g/mol. The van der Waals surface area contributed by atoms with Crippen LogP contribution < -0.4 is 5.32 Å². The van der Waals surface area contributed by atoms with Gasteiger partial charge in [-0.15, -0.1) is 22.7 Å². The van der Waals surface area contributed by atoms with Gasteiger partial charge in [-0.1, -0.05) is 11.8 Å². The Balaban J connectivity index is 1.53. The number of aryl methyl sites for hydroxylation is 3. The van der Waals surface area contributed by atoms with E-state index in [0.717, 1.165) is 52.1 Å². The molecule has 0 radical (unpaired) electrons. The van der Waals surface area contributed by atoms with Gasteiger partial charge in [-0.25, -0.2) is 14.8 Å². The number of hydrogen-bond donors (Lipinski definition) is 1. The van der Waals surface area contributed by atoms with Crippen molar-refractivity contribution in [1.82, 2.24) is 9.97 Å². The van der Waals surface area contributed by atoms with E-state index in [-0.39, 0.29) is 17.6 Å². The second-order valence-electron chi connectivity index (χ2n) is 6.89. The van der Waals surface area contributed by atoms with Crippen molar-refractivity contribution in [2.45, 2.75) is 44.6 Å². The number of carbonyl (C=O) groups excluding carboxylic acids is 2. The molecule has 6 nitrogen and oxygen atoms in total. The maximum atomic E-state index is 12.7. The van der Waals surface area contributed by atoms with Crippen LogP contribution in [0.5, 0.6) is 0 Å². The molecule has 0 saturated heterocycles. The van der Waals surface area contributed by atoms with E-state index in [1.54, 1.807) is 17.7 Å². The number of carbonyl (C=O) groups is 2. The molecule has 9 heteroatoms. The first-order valence-electron chi connectivity index (χ1n) is 9.35. The van der Waals surface area contributed by atoms with Crippen LogP contribution in [0.15, 0.2) is 11.4 Å². The van der Waals surface area contributed by atoms with Crippen LogP contribution in [-0.4, -0.2) is 34.7 Å². The topological polar surface area (TPSA) is 81.2 Å². The van der Waals surface area contributed by atoms with Crippen LogP contribution in [0.3, 0.4) is 0 Å². The van der Waals surface area contributed by atoms with E-state index >= 15 is 0 Å². The summed E-state index contributed by atoms with van der Waals surface area (Å²) < 4.78 is 4.97. The summed E-state index contributed by atoms with van der Waals surface area (Å²) in [5.74, 6) is -0.326. The second kappa shape index (κ2) is 8.41. The number of thiophene rings is 2. The molecule has 0 aliphatic heterocycles. The van der Waals surface area contributed by atoms with Gasteiger partial charge in [-0.3, -0.25) is 4.79 Å². The Hall–Kier alpha value is -1.97. The lowest BCUT2D eigenvalue weighted by Gasteiger charge is -2.11. The van der Waals surface area contributed by atoms with Crippen molar-refractivity contribution in [2.75, 3.05) is 18.2 Å². The Bertz CT molecular complexity index is 1100. The first kappa shape index (κ1) is 20.3. The summed E-state index contributed by atoms with van der Waals surface area (Å²) in [5, 5.41) is 5.37. The molecule has 1 aliphatic carbocycles. The van der Waals surface area contributed by atoms with Crippen LogP contribution in [-0.2, 0) is 22.4 Å². The molecule has 0 atom stereocenters. The van der Waals surface area contributed by atoms with Crippen LogP contribution in [0, 0.1) is 13.8 Å². The predicted octanol–water partition coefficient (Wildman–Crippen LogP) is 4.77. The third-order valence-electron chi connectivity index (χ3n) is 5.08. The molecule has 1 amide bonds. The summed E-state index contributed by atoms with van der Waals surface area (Å²) in [6.45, 7) is 4.12. The number of methoxy groups -OCH3 is 1. The van der Waals surface area contributed by atoms with E-state index in [9.17, 15) is 9.59 Å². The Labute approximate surface area is 181 Å². The lowest BCUT2D eigenvalue weighted by molar-refractivity contribution is -0.113. The third-order valence-corrected chi connectivity index (χ3v) is 8.40. The maximum absolute atomic E-state index is 12.7. The highest BCUT2D eigenvalue weighted by Gasteiger charge is 2.27. The molecule has 29 heavy (non-hydrogen) atoms. The number of nitrogens with one attached hydrogen (secondary N) is 1. The maximum Gasteiger partial charge on any atom is 0.341 e. The highest BCUT2D eigenvalue weighted by Crippen LogP contribution is 2.39. The normalized spacial score (nSPS) is 13.3. The third kappa shape index (κ3) is 3.91. The molecule has 0 spiro atoms. The van der Waals surface area contributed by atoms with Crippen molar-refractivity contribution in [1.29, 1.82) is 0 Å². The molecule has 0 unspecified atom stereocenters. The Morgan fingerprint density at radius 2 is 2.00 bits per heavy atom. The van der Waals surface area contributed by atoms with E-state index in [0.29, 0.717) is 10.6 Å². The highest BCUT2D eigenvalue weighted by molar-refractivity contribution is 8.00. The van der Waals surface area contributed by atoms with Gasteiger partial charge < -0.3 is 10.1 Å². The highest BCUT2D eigenvalue weighted by atomic mass is 32.2. The van der Waals surface area contributed by atoms with E-state index in [4.69, 9.17) is 4.74 Å². The van der Waals surface area contributed by atoms with Crippen molar-refractivity contribution in [3.63, 3.8) is 0 Å². The lowest BCUT2D eigenvalue weighted by atomic mass is 9.95. The Morgan fingerprint density at radius 3 is 2.79 bits per heavy atom.